The number of halogens is 2. The van der Waals surface area contributed by atoms with E-state index in [-0.39, 0.29) is 0 Å². The van der Waals surface area contributed by atoms with Gasteiger partial charge in [0.2, 0.25) is 0 Å². The van der Waals surface area contributed by atoms with Crippen LogP contribution in [-0.2, 0) is 13.0 Å². The van der Waals surface area contributed by atoms with E-state index in [2.05, 4.69) is 72.3 Å². The monoisotopic (exact) mass is 419 g/mol. The van der Waals surface area contributed by atoms with Crippen LogP contribution in [0.25, 0.3) is 0 Å². The smallest absolute Gasteiger partial charge is 0.0738 e. The molecule has 0 fully saturated rings. The summed E-state index contributed by atoms with van der Waals surface area (Å²) >= 11 is 9.12. The largest absolute Gasteiger partial charge is 0.309 e. The molecule has 2 heterocycles. The number of hydrogen-bond acceptors (Lipinski definition) is 3. The van der Waals surface area contributed by atoms with Crippen LogP contribution in [0.3, 0.4) is 0 Å². The van der Waals surface area contributed by atoms with E-state index in [0.717, 1.165) is 29.7 Å². The third-order valence-electron chi connectivity index (χ3n) is 3.26. The quantitative estimate of drug-likeness (QED) is 0.734. The van der Waals surface area contributed by atoms with Gasteiger partial charge in [-0.05, 0) is 63.7 Å². The molecule has 2 rings (SSSR count). The highest BCUT2D eigenvalue weighted by Gasteiger charge is 2.20. The van der Waals surface area contributed by atoms with Crippen LogP contribution in [0, 0.1) is 6.92 Å². The fraction of sp³-hybridized carbons (Fsp3) is 0.500. The van der Waals surface area contributed by atoms with Crippen molar-refractivity contribution in [2.45, 2.75) is 39.8 Å². The molecule has 0 saturated carbocycles. The Hall–Kier alpha value is -0.170. The van der Waals surface area contributed by atoms with Gasteiger partial charge in [-0.3, -0.25) is 4.68 Å². The number of thiophene rings is 1. The molecule has 0 aliphatic carbocycles. The van der Waals surface area contributed by atoms with Crippen LogP contribution >= 0.6 is 43.2 Å². The summed E-state index contributed by atoms with van der Waals surface area (Å²) in [6, 6.07) is 2.42. The normalized spacial score (nSPS) is 12.8. The van der Waals surface area contributed by atoms with Crippen molar-refractivity contribution in [3.63, 3.8) is 0 Å². The molecule has 1 unspecified atom stereocenters. The summed E-state index contributed by atoms with van der Waals surface area (Å²) in [5, 5.41) is 10.3. The van der Waals surface area contributed by atoms with Crippen LogP contribution in [-0.4, -0.2) is 16.3 Å². The molecule has 3 nitrogen and oxygen atoms in total. The molecule has 0 aromatic carbocycles. The average Bonchev–Trinajstić information content (AvgIpc) is 2.96. The van der Waals surface area contributed by atoms with Crippen molar-refractivity contribution in [1.29, 1.82) is 0 Å². The van der Waals surface area contributed by atoms with Crippen molar-refractivity contribution < 1.29 is 0 Å². The Morgan fingerprint density at radius 1 is 1.40 bits per heavy atom. The maximum atomic E-state index is 4.58. The molecular weight excluding hydrogens is 402 g/mol. The van der Waals surface area contributed by atoms with Gasteiger partial charge in [-0.2, -0.15) is 5.10 Å². The Morgan fingerprint density at radius 3 is 2.70 bits per heavy atom. The predicted octanol–water partition coefficient (Wildman–Crippen LogP) is 4.69. The standard InChI is InChI=1S/C14H19Br2N3S/c1-4-17-11(14-10(15)6-7-20-14)8-12-13(16)9(3)18-19(12)5-2/h6-7,11,17H,4-5,8H2,1-3H3. The topological polar surface area (TPSA) is 29.9 Å². The Kier molecular flexibility index (Phi) is 5.84. The number of rotatable bonds is 6. The second-order valence-electron chi connectivity index (χ2n) is 4.61. The van der Waals surface area contributed by atoms with E-state index in [4.69, 9.17) is 0 Å². The van der Waals surface area contributed by atoms with Crippen molar-refractivity contribution in [2.75, 3.05) is 6.54 Å². The molecule has 2 aromatic rings. The summed E-state index contributed by atoms with van der Waals surface area (Å²) in [5.41, 5.74) is 2.32. The van der Waals surface area contributed by atoms with Gasteiger partial charge in [-0.25, -0.2) is 0 Å². The van der Waals surface area contributed by atoms with Crippen LogP contribution in [0.4, 0.5) is 0 Å². The Bertz CT molecular complexity index is 577. The van der Waals surface area contributed by atoms with Gasteiger partial charge >= 0.3 is 0 Å². The maximum absolute atomic E-state index is 4.58. The third kappa shape index (κ3) is 3.35. The van der Waals surface area contributed by atoms with Crippen molar-refractivity contribution in [2.24, 2.45) is 0 Å². The SMILES string of the molecule is CCNC(Cc1c(Br)c(C)nn1CC)c1sccc1Br. The molecule has 0 saturated heterocycles. The highest BCUT2D eigenvalue weighted by atomic mass is 79.9. The van der Waals surface area contributed by atoms with E-state index in [0.29, 0.717) is 6.04 Å². The minimum atomic E-state index is 0.312. The average molecular weight is 421 g/mol. The lowest BCUT2D eigenvalue weighted by Crippen LogP contribution is -2.23. The lowest BCUT2D eigenvalue weighted by Gasteiger charge is -2.18. The molecule has 20 heavy (non-hydrogen) atoms. The molecule has 0 spiro atoms. The summed E-state index contributed by atoms with van der Waals surface area (Å²) in [4.78, 5) is 1.35. The number of aryl methyl sites for hydroxylation is 2. The molecule has 1 N–H and O–H groups in total. The van der Waals surface area contributed by atoms with Crippen LogP contribution in [0.2, 0.25) is 0 Å². The Balaban J connectivity index is 2.31. The van der Waals surface area contributed by atoms with Crippen LogP contribution < -0.4 is 5.32 Å². The van der Waals surface area contributed by atoms with Crippen molar-refractivity contribution in [3.8, 4) is 0 Å². The minimum absolute atomic E-state index is 0.312. The van der Waals surface area contributed by atoms with Crippen LogP contribution in [0.15, 0.2) is 20.4 Å². The molecule has 1 atom stereocenters. The molecule has 0 bridgehead atoms. The van der Waals surface area contributed by atoms with E-state index in [1.54, 1.807) is 11.3 Å². The molecule has 2 aromatic heterocycles. The fourth-order valence-corrected chi connectivity index (χ4v) is 4.49. The van der Waals surface area contributed by atoms with Gasteiger partial charge in [0.25, 0.3) is 0 Å². The van der Waals surface area contributed by atoms with Crippen LogP contribution in [0.5, 0.6) is 0 Å². The van der Waals surface area contributed by atoms with Gasteiger partial charge in [0.05, 0.1) is 15.9 Å². The van der Waals surface area contributed by atoms with Gasteiger partial charge in [-0.15, -0.1) is 11.3 Å². The highest BCUT2D eigenvalue weighted by molar-refractivity contribution is 9.10. The first-order chi connectivity index (χ1) is 9.58. The summed E-state index contributed by atoms with van der Waals surface area (Å²) in [5.74, 6) is 0. The van der Waals surface area contributed by atoms with Gasteiger partial charge in [0.15, 0.2) is 0 Å². The van der Waals surface area contributed by atoms with Gasteiger partial charge < -0.3 is 5.32 Å². The first-order valence-electron chi connectivity index (χ1n) is 6.76. The van der Waals surface area contributed by atoms with E-state index >= 15 is 0 Å². The lowest BCUT2D eigenvalue weighted by atomic mass is 10.1. The first-order valence-corrected chi connectivity index (χ1v) is 9.23. The number of hydrogen-bond donors (Lipinski definition) is 1. The number of nitrogens with zero attached hydrogens (tertiary/aromatic N) is 2. The molecule has 110 valence electrons. The lowest BCUT2D eigenvalue weighted by molar-refractivity contribution is 0.520. The Labute approximate surface area is 141 Å². The second kappa shape index (κ2) is 7.20. The zero-order chi connectivity index (χ0) is 14.7. The third-order valence-corrected chi connectivity index (χ3v) is 6.28. The summed E-state index contributed by atoms with van der Waals surface area (Å²) in [6.07, 6.45) is 0.933. The Morgan fingerprint density at radius 2 is 2.15 bits per heavy atom. The number of aromatic nitrogens is 2. The maximum Gasteiger partial charge on any atom is 0.0738 e. The summed E-state index contributed by atoms with van der Waals surface area (Å²) in [6.45, 7) is 8.17. The second-order valence-corrected chi connectivity index (χ2v) is 7.20. The van der Waals surface area contributed by atoms with E-state index in [1.807, 2.05) is 6.92 Å². The van der Waals surface area contributed by atoms with Crippen molar-refractivity contribution >= 4 is 43.2 Å². The van der Waals surface area contributed by atoms with Gasteiger partial charge in [-0.1, -0.05) is 6.92 Å². The molecule has 6 heteroatoms. The molecule has 0 aliphatic heterocycles. The predicted molar refractivity (Wildman–Crippen MR) is 92.5 cm³/mol. The zero-order valence-corrected chi connectivity index (χ0v) is 15.9. The zero-order valence-electron chi connectivity index (χ0n) is 11.9. The van der Waals surface area contributed by atoms with E-state index in [9.17, 15) is 0 Å². The highest BCUT2D eigenvalue weighted by Crippen LogP contribution is 2.33. The minimum Gasteiger partial charge on any atom is -0.309 e. The van der Waals surface area contributed by atoms with Crippen LogP contribution in [0.1, 0.15) is 36.2 Å². The number of nitrogens with one attached hydrogen (secondary N) is 1. The van der Waals surface area contributed by atoms with Crippen molar-refractivity contribution in [3.05, 3.63) is 36.7 Å². The van der Waals surface area contributed by atoms with E-state index in [1.165, 1.54) is 15.0 Å². The van der Waals surface area contributed by atoms with Gasteiger partial charge in [0, 0.05) is 28.4 Å². The molecule has 0 amide bonds. The first kappa shape index (κ1) is 16.2. The fourth-order valence-electron chi connectivity index (χ4n) is 2.32. The summed E-state index contributed by atoms with van der Waals surface area (Å²) in [7, 11) is 0. The molecule has 0 radical (unpaired) electrons. The number of likely N-dealkylation sites (N-methyl/N-ethyl adjacent to an activating group) is 1. The summed E-state index contributed by atoms with van der Waals surface area (Å²) < 4.78 is 4.41. The van der Waals surface area contributed by atoms with Gasteiger partial charge in [0.1, 0.15) is 0 Å². The van der Waals surface area contributed by atoms with E-state index < -0.39 is 0 Å². The molecule has 0 aliphatic rings. The van der Waals surface area contributed by atoms with Crippen molar-refractivity contribution in [1.82, 2.24) is 15.1 Å². The molecular formula is C14H19Br2N3S.